The van der Waals surface area contributed by atoms with Gasteiger partial charge in [-0.05, 0) is 17.7 Å². The summed E-state index contributed by atoms with van der Waals surface area (Å²) in [6.45, 7) is 0.460. The molecule has 0 atom stereocenters. The molecule has 1 rings (SSSR count). The molecule has 0 saturated carbocycles. The highest BCUT2D eigenvalue weighted by Crippen LogP contribution is 2.13. The average Bonchev–Trinajstić information content (AvgIpc) is 2.05. The van der Waals surface area contributed by atoms with E-state index in [1.807, 2.05) is 43.3 Å². The molecule has 0 bridgehead atoms. The highest BCUT2D eigenvalue weighted by Gasteiger charge is 1.96. The molecule has 12 heavy (non-hydrogen) atoms. The summed E-state index contributed by atoms with van der Waals surface area (Å²) in [6, 6.07) is 8.07. The van der Waals surface area contributed by atoms with Crippen LogP contribution in [0, 0.1) is 0 Å². The Hall–Kier alpha value is -1.06. The van der Waals surface area contributed by atoms with E-state index < -0.39 is 0 Å². The minimum atomic E-state index is 0.460. The van der Waals surface area contributed by atoms with Gasteiger partial charge in [0.05, 0.1) is 6.61 Å². The van der Waals surface area contributed by atoms with Gasteiger partial charge in [0.2, 0.25) is 0 Å². The number of nitrogens with two attached hydrogens (primary N) is 1. The molecule has 0 saturated heterocycles. The summed E-state index contributed by atoms with van der Waals surface area (Å²) in [5.74, 6) is 4.97. The smallest absolute Gasteiger partial charge is 0.0930 e. The van der Waals surface area contributed by atoms with Gasteiger partial charge in [0.15, 0.2) is 0 Å². The maximum atomic E-state index is 4.97. The normalized spacial score (nSPS) is 9.92. The molecule has 0 aromatic heterocycles. The van der Waals surface area contributed by atoms with E-state index in [1.54, 1.807) is 0 Å². The van der Waals surface area contributed by atoms with Gasteiger partial charge < -0.3 is 4.90 Å². The van der Waals surface area contributed by atoms with E-state index in [2.05, 4.69) is 4.84 Å². The van der Waals surface area contributed by atoms with Gasteiger partial charge in [0.1, 0.15) is 0 Å². The van der Waals surface area contributed by atoms with E-state index >= 15 is 0 Å². The average molecular weight is 166 g/mol. The molecule has 66 valence electrons. The van der Waals surface area contributed by atoms with Gasteiger partial charge in [-0.1, -0.05) is 12.1 Å². The molecule has 0 spiro atoms. The number of nitrogens with zero attached hydrogens (tertiary/aromatic N) is 1. The van der Waals surface area contributed by atoms with E-state index in [1.165, 1.54) is 0 Å². The van der Waals surface area contributed by atoms with Crippen LogP contribution in [0.1, 0.15) is 5.56 Å². The molecular weight excluding hydrogens is 152 g/mol. The van der Waals surface area contributed by atoms with E-state index in [4.69, 9.17) is 5.90 Å². The quantitative estimate of drug-likeness (QED) is 0.684. The Morgan fingerprint density at radius 3 is 2.75 bits per heavy atom. The van der Waals surface area contributed by atoms with Gasteiger partial charge in [-0.3, -0.25) is 4.84 Å². The Morgan fingerprint density at radius 1 is 1.42 bits per heavy atom. The van der Waals surface area contributed by atoms with E-state index in [-0.39, 0.29) is 0 Å². The number of benzene rings is 1. The molecule has 0 heterocycles. The summed E-state index contributed by atoms with van der Waals surface area (Å²) in [6.07, 6.45) is 0. The summed E-state index contributed by atoms with van der Waals surface area (Å²) >= 11 is 0. The van der Waals surface area contributed by atoms with E-state index in [9.17, 15) is 0 Å². The summed E-state index contributed by atoms with van der Waals surface area (Å²) in [7, 11) is 4.00. The molecule has 0 aliphatic rings. The zero-order valence-electron chi connectivity index (χ0n) is 7.45. The Balaban J connectivity index is 2.81. The van der Waals surface area contributed by atoms with Crippen molar-refractivity contribution < 1.29 is 4.84 Å². The van der Waals surface area contributed by atoms with Crippen molar-refractivity contribution in [3.8, 4) is 0 Å². The summed E-state index contributed by atoms with van der Waals surface area (Å²) in [4.78, 5) is 6.59. The fourth-order valence-corrected chi connectivity index (χ4v) is 1.02. The van der Waals surface area contributed by atoms with Crippen LogP contribution in [0.5, 0.6) is 0 Å². The maximum Gasteiger partial charge on any atom is 0.0930 e. The predicted octanol–water partition coefficient (Wildman–Crippen LogP) is 1.14. The molecule has 0 fully saturated rings. The van der Waals surface area contributed by atoms with Gasteiger partial charge in [0, 0.05) is 19.8 Å². The topological polar surface area (TPSA) is 38.5 Å². The molecule has 0 aliphatic carbocycles. The lowest BCUT2D eigenvalue weighted by Crippen LogP contribution is -2.09. The molecule has 0 radical (unpaired) electrons. The predicted molar refractivity (Wildman–Crippen MR) is 49.7 cm³/mol. The van der Waals surface area contributed by atoms with Crippen LogP contribution in [0.15, 0.2) is 24.3 Å². The molecule has 0 unspecified atom stereocenters. The van der Waals surface area contributed by atoms with Crippen molar-refractivity contribution >= 4 is 5.69 Å². The fourth-order valence-electron chi connectivity index (χ4n) is 1.02. The van der Waals surface area contributed by atoms with Crippen LogP contribution < -0.4 is 10.8 Å². The zero-order valence-corrected chi connectivity index (χ0v) is 7.45. The number of hydrogen-bond donors (Lipinski definition) is 1. The van der Waals surface area contributed by atoms with Gasteiger partial charge >= 0.3 is 0 Å². The molecule has 2 N–H and O–H groups in total. The lowest BCUT2D eigenvalue weighted by Gasteiger charge is -2.12. The van der Waals surface area contributed by atoms with Crippen LogP contribution in [-0.2, 0) is 11.4 Å². The molecule has 3 nitrogen and oxygen atoms in total. The van der Waals surface area contributed by atoms with Crippen LogP contribution in [0.2, 0.25) is 0 Å². The SMILES string of the molecule is CN(C)c1cccc(CON)c1. The van der Waals surface area contributed by atoms with Crippen LogP contribution in [0.4, 0.5) is 5.69 Å². The zero-order chi connectivity index (χ0) is 8.97. The van der Waals surface area contributed by atoms with Gasteiger partial charge in [-0.25, -0.2) is 5.90 Å². The van der Waals surface area contributed by atoms with Crippen molar-refractivity contribution in [2.24, 2.45) is 5.90 Å². The Kier molecular flexibility index (Phi) is 3.08. The molecule has 3 heteroatoms. The number of rotatable bonds is 3. The Labute approximate surface area is 72.7 Å². The molecule has 0 amide bonds. The highest BCUT2D eigenvalue weighted by molar-refractivity contribution is 5.46. The first-order chi connectivity index (χ1) is 5.74. The molecular formula is C9H14N2O. The van der Waals surface area contributed by atoms with E-state index in [0.717, 1.165) is 11.3 Å². The third-order valence-corrected chi connectivity index (χ3v) is 1.68. The van der Waals surface area contributed by atoms with Crippen LogP contribution in [0.3, 0.4) is 0 Å². The highest BCUT2D eigenvalue weighted by atomic mass is 16.6. The minimum Gasteiger partial charge on any atom is -0.378 e. The van der Waals surface area contributed by atoms with Gasteiger partial charge in [-0.2, -0.15) is 0 Å². The fraction of sp³-hybridized carbons (Fsp3) is 0.333. The van der Waals surface area contributed by atoms with Crippen molar-refractivity contribution in [1.82, 2.24) is 0 Å². The second-order valence-corrected chi connectivity index (χ2v) is 2.88. The number of anilines is 1. The summed E-state index contributed by atoms with van der Waals surface area (Å²) < 4.78 is 0. The molecule has 1 aromatic rings. The van der Waals surface area contributed by atoms with Crippen molar-refractivity contribution in [2.75, 3.05) is 19.0 Å². The first-order valence-electron chi connectivity index (χ1n) is 3.82. The van der Waals surface area contributed by atoms with Gasteiger partial charge in [-0.15, -0.1) is 0 Å². The third kappa shape index (κ3) is 2.22. The van der Waals surface area contributed by atoms with Crippen LogP contribution >= 0.6 is 0 Å². The van der Waals surface area contributed by atoms with Crippen molar-refractivity contribution in [3.05, 3.63) is 29.8 Å². The number of hydrogen-bond acceptors (Lipinski definition) is 3. The lowest BCUT2D eigenvalue weighted by atomic mass is 10.2. The van der Waals surface area contributed by atoms with Crippen LogP contribution in [-0.4, -0.2) is 14.1 Å². The summed E-state index contributed by atoms with van der Waals surface area (Å²) in [5, 5.41) is 0. The minimum absolute atomic E-state index is 0.460. The second-order valence-electron chi connectivity index (χ2n) is 2.88. The largest absolute Gasteiger partial charge is 0.378 e. The first kappa shape index (κ1) is 9.03. The molecule has 1 aromatic carbocycles. The monoisotopic (exact) mass is 166 g/mol. The maximum absolute atomic E-state index is 4.97. The lowest BCUT2D eigenvalue weighted by molar-refractivity contribution is 0.124. The standard InChI is InChI=1S/C9H14N2O/c1-11(2)9-5-3-4-8(6-9)7-12-10/h3-6H,7,10H2,1-2H3. The van der Waals surface area contributed by atoms with E-state index in [0.29, 0.717) is 6.61 Å². The van der Waals surface area contributed by atoms with Crippen molar-refractivity contribution in [2.45, 2.75) is 6.61 Å². The second kappa shape index (κ2) is 4.09. The Bertz CT molecular complexity index is 248. The van der Waals surface area contributed by atoms with Crippen LogP contribution in [0.25, 0.3) is 0 Å². The Morgan fingerprint density at radius 2 is 2.17 bits per heavy atom. The van der Waals surface area contributed by atoms with Crippen molar-refractivity contribution in [3.63, 3.8) is 0 Å². The van der Waals surface area contributed by atoms with Crippen molar-refractivity contribution in [1.29, 1.82) is 0 Å². The first-order valence-corrected chi connectivity index (χ1v) is 3.82. The summed E-state index contributed by atoms with van der Waals surface area (Å²) in [5.41, 5.74) is 2.24. The van der Waals surface area contributed by atoms with Gasteiger partial charge in [0.25, 0.3) is 0 Å². The molecule has 0 aliphatic heterocycles. The third-order valence-electron chi connectivity index (χ3n) is 1.68.